The van der Waals surface area contributed by atoms with Gasteiger partial charge in [0, 0.05) is 5.92 Å². The van der Waals surface area contributed by atoms with E-state index in [0.29, 0.717) is 24.7 Å². The van der Waals surface area contributed by atoms with E-state index in [1.807, 2.05) is 0 Å². The van der Waals surface area contributed by atoms with Crippen molar-refractivity contribution in [3.8, 4) is 0 Å². The molecule has 4 heteroatoms. The Morgan fingerprint density at radius 1 is 1.27 bits per heavy atom. The van der Waals surface area contributed by atoms with Crippen molar-refractivity contribution in [3.63, 3.8) is 0 Å². The zero-order chi connectivity index (χ0) is 11.6. The SMILES string of the molecule is CC(C)C1CCC(C(F)(F)C(=O)O)CC1. The summed E-state index contributed by atoms with van der Waals surface area (Å²) in [5.41, 5.74) is 0. The number of halogens is 2. The van der Waals surface area contributed by atoms with Gasteiger partial charge in [-0.1, -0.05) is 13.8 Å². The number of aliphatic carboxylic acids is 1. The van der Waals surface area contributed by atoms with Crippen LogP contribution >= 0.6 is 0 Å². The lowest BCUT2D eigenvalue weighted by Crippen LogP contribution is -2.39. The zero-order valence-electron chi connectivity index (χ0n) is 9.17. The van der Waals surface area contributed by atoms with Crippen LogP contribution < -0.4 is 0 Å². The third-order valence-corrected chi connectivity index (χ3v) is 3.51. The Morgan fingerprint density at radius 3 is 2.07 bits per heavy atom. The van der Waals surface area contributed by atoms with E-state index in [0.717, 1.165) is 12.8 Å². The Hall–Kier alpha value is -0.670. The Kier molecular flexibility index (Phi) is 3.68. The van der Waals surface area contributed by atoms with Crippen LogP contribution in [0.2, 0.25) is 0 Å². The number of rotatable bonds is 3. The van der Waals surface area contributed by atoms with Gasteiger partial charge in [-0.3, -0.25) is 0 Å². The summed E-state index contributed by atoms with van der Waals surface area (Å²) >= 11 is 0. The molecule has 88 valence electrons. The second-order valence-electron chi connectivity index (χ2n) is 4.78. The number of carbonyl (C=O) groups is 1. The summed E-state index contributed by atoms with van der Waals surface area (Å²) in [6, 6.07) is 0. The molecule has 0 heterocycles. The topological polar surface area (TPSA) is 37.3 Å². The largest absolute Gasteiger partial charge is 0.477 e. The Morgan fingerprint density at radius 2 is 1.73 bits per heavy atom. The summed E-state index contributed by atoms with van der Waals surface area (Å²) in [5.74, 6) is -5.50. The average molecular weight is 220 g/mol. The molecular formula is C11H18F2O2. The predicted molar refractivity (Wildman–Crippen MR) is 52.9 cm³/mol. The smallest absolute Gasteiger partial charge is 0.374 e. The van der Waals surface area contributed by atoms with Gasteiger partial charge in [-0.05, 0) is 37.5 Å². The molecule has 0 aliphatic heterocycles. The fourth-order valence-corrected chi connectivity index (χ4v) is 2.32. The second kappa shape index (κ2) is 4.45. The molecule has 0 aromatic heterocycles. The average Bonchev–Trinajstić information content (AvgIpc) is 2.17. The van der Waals surface area contributed by atoms with Crippen LogP contribution in [0.3, 0.4) is 0 Å². The highest BCUT2D eigenvalue weighted by Gasteiger charge is 2.48. The summed E-state index contributed by atoms with van der Waals surface area (Å²) in [7, 11) is 0. The predicted octanol–water partition coefficient (Wildman–Crippen LogP) is 3.17. The van der Waals surface area contributed by atoms with Gasteiger partial charge in [-0.25, -0.2) is 4.79 Å². The zero-order valence-corrected chi connectivity index (χ0v) is 9.17. The van der Waals surface area contributed by atoms with Gasteiger partial charge < -0.3 is 5.11 Å². The van der Waals surface area contributed by atoms with Crippen LogP contribution in [0.1, 0.15) is 39.5 Å². The third kappa shape index (κ3) is 2.67. The van der Waals surface area contributed by atoms with Crippen molar-refractivity contribution in [1.82, 2.24) is 0 Å². The molecule has 1 aliphatic rings. The highest BCUT2D eigenvalue weighted by molar-refractivity contribution is 5.75. The maximum absolute atomic E-state index is 13.2. The molecule has 1 N–H and O–H groups in total. The van der Waals surface area contributed by atoms with Crippen LogP contribution in [-0.2, 0) is 4.79 Å². The Balaban J connectivity index is 2.54. The van der Waals surface area contributed by atoms with Gasteiger partial charge in [0.15, 0.2) is 0 Å². The Bertz CT molecular complexity index is 231. The van der Waals surface area contributed by atoms with Crippen molar-refractivity contribution in [2.24, 2.45) is 17.8 Å². The molecule has 1 fully saturated rings. The number of alkyl halides is 2. The number of hydrogen-bond donors (Lipinski definition) is 1. The highest BCUT2D eigenvalue weighted by Crippen LogP contribution is 2.40. The quantitative estimate of drug-likeness (QED) is 0.793. The molecule has 0 amide bonds. The normalized spacial score (nSPS) is 28.1. The summed E-state index contributed by atoms with van der Waals surface area (Å²) < 4.78 is 26.3. The van der Waals surface area contributed by atoms with Crippen LogP contribution in [-0.4, -0.2) is 17.0 Å². The van der Waals surface area contributed by atoms with Crippen molar-refractivity contribution >= 4 is 5.97 Å². The molecule has 0 bridgehead atoms. The minimum Gasteiger partial charge on any atom is -0.477 e. The van der Waals surface area contributed by atoms with Gasteiger partial charge in [0.1, 0.15) is 0 Å². The first kappa shape index (κ1) is 12.4. The molecule has 0 saturated heterocycles. The van der Waals surface area contributed by atoms with Crippen molar-refractivity contribution in [2.75, 3.05) is 0 Å². The molecule has 0 unspecified atom stereocenters. The fourth-order valence-electron chi connectivity index (χ4n) is 2.32. The van der Waals surface area contributed by atoms with Crippen LogP contribution in [0.4, 0.5) is 8.78 Å². The second-order valence-corrected chi connectivity index (χ2v) is 4.78. The van der Waals surface area contributed by atoms with E-state index < -0.39 is 17.8 Å². The summed E-state index contributed by atoms with van der Waals surface area (Å²) in [5, 5.41) is 8.42. The van der Waals surface area contributed by atoms with E-state index >= 15 is 0 Å². The summed E-state index contributed by atoms with van der Waals surface area (Å²) in [4.78, 5) is 10.4. The molecular weight excluding hydrogens is 202 g/mol. The number of carboxylic acid groups (broad SMARTS) is 1. The number of carboxylic acids is 1. The van der Waals surface area contributed by atoms with Crippen LogP contribution in [0.25, 0.3) is 0 Å². The third-order valence-electron chi connectivity index (χ3n) is 3.51. The molecule has 0 radical (unpaired) electrons. The minimum atomic E-state index is -3.54. The lowest BCUT2D eigenvalue weighted by atomic mass is 9.75. The Labute approximate surface area is 88.7 Å². The fraction of sp³-hybridized carbons (Fsp3) is 0.909. The molecule has 1 rings (SSSR count). The standard InChI is InChI=1S/C11H18F2O2/c1-7(2)8-3-5-9(6-4-8)11(12,13)10(14)15/h7-9H,3-6H2,1-2H3,(H,14,15). The first-order chi connectivity index (χ1) is 6.85. The van der Waals surface area contributed by atoms with E-state index in [9.17, 15) is 13.6 Å². The van der Waals surface area contributed by atoms with Gasteiger partial charge in [0.2, 0.25) is 0 Å². The molecule has 0 atom stereocenters. The van der Waals surface area contributed by atoms with Crippen LogP contribution in [0.5, 0.6) is 0 Å². The van der Waals surface area contributed by atoms with Crippen LogP contribution in [0, 0.1) is 17.8 Å². The van der Waals surface area contributed by atoms with E-state index in [-0.39, 0.29) is 0 Å². The molecule has 1 aliphatic carbocycles. The van der Waals surface area contributed by atoms with E-state index in [4.69, 9.17) is 5.11 Å². The molecule has 1 saturated carbocycles. The lowest BCUT2D eigenvalue weighted by Gasteiger charge is -2.33. The summed E-state index contributed by atoms with van der Waals surface area (Å²) in [6.45, 7) is 4.17. The van der Waals surface area contributed by atoms with Crippen LogP contribution in [0.15, 0.2) is 0 Å². The van der Waals surface area contributed by atoms with Gasteiger partial charge in [-0.2, -0.15) is 8.78 Å². The van der Waals surface area contributed by atoms with Gasteiger partial charge in [0.05, 0.1) is 0 Å². The van der Waals surface area contributed by atoms with E-state index in [1.165, 1.54) is 0 Å². The highest BCUT2D eigenvalue weighted by atomic mass is 19.3. The monoisotopic (exact) mass is 220 g/mol. The summed E-state index contributed by atoms with van der Waals surface area (Å²) in [6.07, 6.45) is 2.13. The van der Waals surface area contributed by atoms with Crippen molar-refractivity contribution in [2.45, 2.75) is 45.5 Å². The van der Waals surface area contributed by atoms with Gasteiger partial charge in [-0.15, -0.1) is 0 Å². The van der Waals surface area contributed by atoms with Crippen molar-refractivity contribution in [3.05, 3.63) is 0 Å². The van der Waals surface area contributed by atoms with E-state index in [1.54, 1.807) is 0 Å². The van der Waals surface area contributed by atoms with Gasteiger partial charge in [0.25, 0.3) is 0 Å². The van der Waals surface area contributed by atoms with Crippen molar-refractivity contribution < 1.29 is 18.7 Å². The first-order valence-electron chi connectivity index (χ1n) is 5.47. The van der Waals surface area contributed by atoms with Gasteiger partial charge >= 0.3 is 11.9 Å². The maximum atomic E-state index is 13.2. The minimum absolute atomic E-state index is 0.335. The molecule has 0 aromatic carbocycles. The lowest BCUT2D eigenvalue weighted by molar-refractivity contribution is -0.176. The molecule has 0 aromatic rings. The van der Waals surface area contributed by atoms with Crippen molar-refractivity contribution in [1.29, 1.82) is 0 Å². The molecule has 15 heavy (non-hydrogen) atoms. The number of hydrogen-bond acceptors (Lipinski definition) is 1. The molecule has 2 nitrogen and oxygen atoms in total. The van der Waals surface area contributed by atoms with E-state index in [2.05, 4.69) is 13.8 Å². The molecule has 0 spiro atoms. The maximum Gasteiger partial charge on any atom is 0.374 e. The first-order valence-corrected chi connectivity index (χ1v) is 5.47.